The number of allylic oxidation sites excluding steroid dienone is 1. The maximum Gasteiger partial charge on any atom is 0.176 e. The molecule has 80 valence electrons. The van der Waals surface area contributed by atoms with Crippen LogP contribution in [0.2, 0.25) is 0 Å². The summed E-state index contributed by atoms with van der Waals surface area (Å²) >= 11 is 5.81. The van der Waals surface area contributed by atoms with E-state index in [1.165, 1.54) is 0 Å². The number of carbonyl (C=O) groups is 1. The van der Waals surface area contributed by atoms with Crippen molar-refractivity contribution in [2.75, 3.05) is 0 Å². The van der Waals surface area contributed by atoms with Gasteiger partial charge in [-0.15, -0.1) is 0 Å². The van der Waals surface area contributed by atoms with Crippen LogP contribution in [0.3, 0.4) is 0 Å². The second kappa shape index (κ2) is 5.69. The molecular weight excluding hydrogens is 212 g/mol. The Kier molecular flexibility index (Phi) is 4.53. The number of aliphatic hydroxyl groups is 1. The molecule has 1 rings (SSSR count). The summed E-state index contributed by atoms with van der Waals surface area (Å²) in [4.78, 5) is 11.4. The third kappa shape index (κ3) is 4.28. The number of rotatable bonds is 4. The van der Waals surface area contributed by atoms with Gasteiger partial charge in [-0.3, -0.25) is 4.79 Å². The SMILES string of the molecule is C[C@@H](O)CC(=O)/C(Cl)=C\c1ccccc1. The van der Waals surface area contributed by atoms with Gasteiger partial charge in [-0.1, -0.05) is 41.9 Å². The van der Waals surface area contributed by atoms with E-state index in [0.29, 0.717) is 0 Å². The molecule has 0 amide bonds. The molecule has 0 saturated heterocycles. The minimum Gasteiger partial charge on any atom is -0.393 e. The van der Waals surface area contributed by atoms with Gasteiger partial charge in [-0.2, -0.15) is 0 Å². The average Bonchev–Trinajstić information content (AvgIpc) is 2.18. The summed E-state index contributed by atoms with van der Waals surface area (Å²) in [6, 6.07) is 9.35. The zero-order chi connectivity index (χ0) is 11.3. The molecule has 0 aliphatic carbocycles. The molecule has 1 aromatic rings. The van der Waals surface area contributed by atoms with E-state index >= 15 is 0 Å². The van der Waals surface area contributed by atoms with Crippen LogP contribution in [-0.2, 0) is 4.79 Å². The molecule has 0 aliphatic rings. The first kappa shape index (κ1) is 12.0. The molecule has 0 fully saturated rings. The Bertz CT molecular complexity index is 355. The zero-order valence-electron chi connectivity index (χ0n) is 8.48. The largest absolute Gasteiger partial charge is 0.393 e. The van der Waals surface area contributed by atoms with Crippen molar-refractivity contribution >= 4 is 23.5 Å². The van der Waals surface area contributed by atoms with Crippen molar-refractivity contribution in [2.24, 2.45) is 0 Å². The van der Waals surface area contributed by atoms with E-state index in [4.69, 9.17) is 16.7 Å². The maximum atomic E-state index is 11.4. The number of Topliss-reactive ketones (excluding diaryl/α,β-unsaturated/α-hetero) is 1. The molecule has 0 bridgehead atoms. The predicted molar refractivity (Wildman–Crippen MR) is 61.6 cm³/mol. The minimum absolute atomic E-state index is 0.0577. The third-order valence-corrected chi connectivity index (χ3v) is 2.16. The minimum atomic E-state index is -0.657. The zero-order valence-corrected chi connectivity index (χ0v) is 9.24. The number of ketones is 1. The number of benzene rings is 1. The monoisotopic (exact) mass is 224 g/mol. The smallest absolute Gasteiger partial charge is 0.176 e. The van der Waals surface area contributed by atoms with E-state index in [1.54, 1.807) is 13.0 Å². The molecule has 0 radical (unpaired) electrons. The molecule has 3 heteroatoms. The Morgan fingerprint density at radius 1 is 1.47 bits per heavy atom. The molecule has 2 nitrogen and oxygen atoms in total. The predicted octanol–water partition coefficient (Wildman–Crippen LogP) is 2.61. The number of hydrogen-bond acceptors (Lipinski definition) is 2. The van der Waals surface area contributed by atoms with Gasteiger partial charge in [0.2, 0.25) is 0 Å². The lowest BCUT2D eigenvalue weighted by molar-refractivity contribution is -0.116. The van der Waals surface area contributed by atoms with Crippen molar-refractivity contribution in [2.45, 2.75) is 19.4 Å². The number of hydrogen-bond donors (Lipinski definition) is 1. The highest BCUT2D eigenvalue weighted by Crippen LogP contribution is 2.13. The summed E-state index contributed by atoms with van der Waals surface area (Å²) in [5.74, 6) is -0.240. The number of halogens is 1. The van der Waals surface area contributed by atoms with Gasteiger partial charge >= 0.3 is 0 Å². The van der Waals surface area contributed by atoms with Crippen LogP contribution < -0.4 is 0 Å². The van der Waals surface area contributed by atoms with Crippen molar-refractivity contribution in [1.82, 2.24) is 0 Å². The Hall–Kier alpha value is -1.12. The highest BCUT2D eigenvalue weighted by atomic mass is 35.5. The van der Waals surface area contributed by atoms with Gasteiger partial charge in [0.05, 0.1) is 11.1 Å². The standard InChI is InChI=1S/C12H13ClO2/c1-9(14)7-12(15)11(13)8-10-5-3-2-4-6-10/h2-6,8-9,14H,7H2,1H3/b11-8+/t9-/m1/s1. The van der Waals surface area contributed by atoms with Crippen molar-refractivity contribution in [3.05, 3.63) is 40.9 Å². The van der Waals surface area contributed by atoms with Crippen molar-refractivity contribution in [3.63, 3.8) is 0 Å². The average molecular weight is 225 g/mol. The molecule has 1 aromatic carbocycles. The molecule has 0 saturated carbocycles. The van der Waals surface area contributed by atoms with Crippen LogP contribution in [0.15, 0.2) is 35.4 Å². The molecular formula is C12H13ClO2. The molecule has 0 heterocycles. The Balaban J connectivity index is 2.72. The van der Waals surface area contributed by atoms with Crippen molar-refractivity contribution in [1.29, 1.82) is 0 Å². The molecule has 0 spiro atoms. The fourth-order valence-electron chi connectivity index (χ4n) is 1.14. The summed E-state index contributed by atoms with van der Waals surface area (Å²) < 4.78 is 0. The van der Waals surface area contributed by atoms with Crippen LogP contribution in [0.4, 0.5) is 0 Å². The number of carbonyl (C=O) groups excluding carboxylic acids is 1. The first-order valence-electron chi connectivity index (χ1n) is 4.73. The van der Waals surface area contributed by atoms with E-state index in [2.05, 4.69) is 0 Å². The molecule has 15 heavy (non-hydrogen) atoms. The van der Waals surface area contributed by atoms with E-state index in [1.807, 2.05) is 30.3 Å². The lowest BCUT2D eigenvalue weighted by Crippen LogP contribution is -2.09. The molecule has 1 N–H and O–H groups in total. The summed E-state index contributed by atoms with van der Waals surface area (Å²) in [6.07, 6.45) is 1.00. The Morgan fingerprint density at radius 3 is 2.60 bits per heavy atom. The highest BCUT2D eigenvalue weighted by Gasteiger charge is 2.09. The van der Waals surface area contributed by atoms with Crippen LogP contribution >= 0.6 is 11.6 Å². The number of aliphatic hydroxyl groups excluding tert-OH is 1. The third-order valence-electron chi connectivity index (χ3n) is 1.84. The Labute approximate surface area is 94.2 Å². The van der Waals surface area contributed by atoms with E-state index in [0.717, 1.165) is 5.56 Å². The maximum absolute atomic E-state index is 11.4. The first-order valence-corrected chi connectivity index (χ1v) is 5.11. The van der Waals surface area contributed by atoms with Crippen LogP contribution in [0.25, 0.3) is 6.08 Å². The highest BCUT2D eigenvalue weighted by molar-refractivity contribution is 6.44. The van der Waals surface area contributed by atoms with Crippen LogP contribution in [0.1, 0.15) is 18.9 Å². The lowest BCUT2D eigenvalue weighted by atomic mass is 10.1. The lowest BCUT2D eigenvalue weighted by Gasteiger charge is -2.01. The molecule has 0 aliphatic heterocycles. The molecule has 0 aromatic heterocycles. The summed E-state index contributed by atoms with van der Waals surface area (Å²) in [5.41, 5.74) is 0.876. The van der Waals surface area contributed by atoms with Crippen molar-refractivity contribution < 1.29 is 9.90 Å². The summed E-state index contributed by atoms with van der Waals surface area (Å²) in [5, 5.41) is 9.19. The van der Waals surface area contributed by atoms with Gasteiger partial charge in [0, 0.05) is 6.42 Å². The van der Waals surface area contributed by atoms with Crippen LogP contribution in [-0.4, -0.2) is 17.0 Å². The second-order valence-electron chi connectivity index (χ2n) is 3.38. The van der Waals surface area contributed by atoms with E-state index in [-0.39, 0.29) is 17.2 Å². The fourth-order valence-corrected chi connectivity index (χ4v) is 1.35. The van der Waals surface area contributed by atoms with Gasteiger partial charge in [0.25, 0.3) is 0 Å². The van der Waals surface area contributed by atoms with Crippen LogP contribution in [0, 0.1) is 0 Å². The van der Waals surface area contributed by atoms with E-state index < -0.39 is 6.10 Å². The molecule has 0 unspecified atom stereocenters. The van der Waals surface area contributed by atoms with Gasteiger partial charge in [0.15, 0.2) is 5.78 Å². The van der Waals surface area contributed by atoms with E-state index in [9.17, 15) is 4.79 Å². The van der Waals surface area contributed by atoms with Crippen molar-refractivity contribution in [3.8, 4) is 0 Å². The fraction of sp³-hybridized carbons (Fsp3) is 0.250. The Morgan fingerprint density at radius 2 is 2.07 bits per heavy atom. The molecule has 1 atom stereocenters. The van der Waals surface area contributed by atoms with Gasteiger partial charge in [-0.05, 0) is 18.6 Å². The quantitative estimate of drug-likeness (QED) is 0.799. The first-order chi connectivity index (χ1) is 7.09. The topological polar surface area (TPSA) is 37.3 Å². The van der Waals surface area contributed by atoms with Crippen LogP contribution in [0.5, 0.6) is 0 Å². The normalized spacial score (nSPS) is 13.7. The summed E-state index contributed by atoms with van der Waals surface area (Å²) in [6.45, 7) is 1.56. The van der Waals surface area contributed by atoms with Gasteiger partial charge in [0.1, 0.15) is 0 Å². The second-order valence-corrected chi connectivity index (χ2v) is 3.79. The van der Waals surface area contributed by atoms with Gasteiger partial charge in [-0.25, -0.2) is 0 Å². The van der Waals surface area contributed by atoms with Gasteiger partial charge < -0.3 is 5.11 Å². The summed E-state index contributed by atoms with van der Waals surface area (Å²) in [7, 11) is 0.